The minimum Gasteiger partial charge on any atom is -0.381 e. The van der Waals surface area contributed by atoms with Crippen LogP contribution in [0.25, 0.3) is 16.8 Å². The van der Waals surface area contributed by atoms with Crippen LogP contribution in [0.1, 0.15) is 62.8 Å². The summed E-state index contributed by atoms with van der Waals surface area (Å²) >= 11 is 0. The molecule has 0 bridgehead atoms. The quantitative estimate of drug-likeness (QED) is 0.239. The lowest BCUT2D eigenvalue weighted by atomic mass is 9.96. The van der Waals surface area contributed by atoms with E-state index in [9.17, 15) is 0 Å². The third-order valence-corrected chi connectivity index (χ3v) is 7.32. The standard InChI is InChI=1S/C32H40N6/c1-6-27(7-2)36-23(4)31-14-13-28(20-35-31)37-24(5)32(33)30-18-25(12-11-22(30)3)26-17-29(21-34-19-26)38-15-9-8-10-16-38/h11-14,17-21,27,33,36-37H,4-10,15-16H2,1-3H3. The minimum atomic E-state index is 0.355. The number of rotatable bonds is 11. The molecule has 1 fully saturated rings. The van der Waals surface area contributed by atoms with Gasteiger partial charge in [0.25, 0.3) is 0 Å². The molecule has 1 aliphatic rings. The number of hydrogen-bond donors (Lipinski definition) is 3. The number of allylic oxidation sites excluding steroid dienone is 1. The van der Waals surface area contributed by atoms with Crippen molar-refractivity contribution in [3.05, 3.63) is 90.7 Å². The smallest absolute Gasteiger partial charge is 0.0856 e. The maximum atomic E-state index is 8.89. The summed E-state index contributed by atoms with van der Waals surface area (Å²) in [7, 11) is 0. The Morgan fingerprint density at radius 2 is 1.74 bits per heavy atom. The first-order chi connectivity index (χ1) is 18.4. The Hall–Kier alpha value is -3.93. The highest BCUT2D eigenvalue weighted by Crippen LogP contribution is 2.28. The van der Waals surface area contributed by atoms with Gasteiger partial charge >= 0.3 is 0 Å². The van der Waals surface area contributed by atoms with E-state index >= 15 is 0 Å². The molecule has 6 nitrogen and oxygen atoms in total. The lowest BCUT2D eigenvalue weighted by Gasteiger charge is -2.28. The molecule has 1 saturated heterocycles. The molecule has 0 unspecified atom stereocenters. The van der Waals surface area contributed by atoms with Crippen LogP contribution in [0.5, 0.6) is 0 Å². The SMILES string of the molecule is C=C(Nc1ccc(C(=C)NC(CC)CC)nc1)C(=N)c1cc(-c2cncc(N3CCCCC3)c2)ccc1C. The highest BCUT2D eigenvalue weighted by atomic mass is 15.1. The third kappa shape index (κ3) is 6.49. The molecule has 4 rings (SSSR count). The van der Waals surface area contributed by atoms with Crippen molar-refractivity contribution in [2.75, 3.05) is 23.3 Å². The van der Waals surface area contributed by atoms with Crippen LogP contribution in [-0.4, -0.2) is 34.8 Å². The monoisotopic (exact) mass is 508 g/mol. The second-order valence-corrected chi connectivity index (χ2v) is 10.1. The van der Waals surface area contributed by atoms with Crippen LogP contribution >= 0.6 is 0 Å². The van der Waals surface area contributed by atoms with Gasteiger partial charge in [0.2, 0.25) is 0 Å². The van der Waals surface area contributed by atoms with E-state index < -0.39 is 0 Å². The summed E-state index contributed by atoms with van der Waals surface area (Å²) < 4.78 is 0. The molecule has 1 aromatic carbocycles. The second kappa shape index (κ2) is 12.5. The number of aryl methyl sites for hydroxylation is 1. The molecule has 38 heavy (non-hydrogen) atoms. The number of aromatic nitrogens is 2. The first-order valence-electron chi connectivity index (χ1n) is 13.7. The minimum absolute atomic E-state index is 0.355. The van der Waals surface area contributed by atoms with Crippen LogP contribution < -0.4 is 15.5 Å². The summed E-state index contributed by atoms with van der Waals surface area (Å²) in [6.45, 7) is 16.8. The largest absolute Gasteiger partial charge is 0.381 e. The molecule has 0 atom stereocenters. The van der Waals surface area contributed by atoms with Crippen LogP contribution in [0, 0.1) is 12.3 Å². The van der Waals surface area contributed by atoms with E-state index in [2.05, 4.69) is 76.8 Å². The van der Waals surface area contributed by atoms with Gasteiger partial charge in [-0.15, -0.1) is 0 Å². The number of benzene rings is 1. The Morgan fingerprint density at radius 1 is 0.974 bits per heavy atom. The van der Waals surface area contributed by atoms with Crippen molar-refractivity contribution in [3.63, 3.8) is 0 Å². The molecule has 2 aromatic heterocycles. The van der Waals surface area contributed by atoms with Crippen LogP contribution in [-0.2, 0) is 0 Å². The van der Waals surface area contributed by atoms with E-state index in [0.29, 0.717) is 17.5 Å². The van der Waals surface area contributed by atoms with Crippen LogP contribution in [0.15, 0.2) is 73.8 Å². The topological polar surface area (TPSA) is 76.9 Å². The van der Waals surface area contributed by atoms with E-state index in [1.54, 1.807) is 6.20 Å². The molecule has 0 amide bonds. The molecular formula is C32H40N6. The van der Waals surface area contributed by atoms with Crippen molar-refractivity contribution >= 4 is 22.8 Å². The van der Waals surface area contributed by atoms with E-state index in [4.69, 9.17) is 5.41 Å². The fourth-order valence-corrected chi connectivity index (χ4v) is 4.84. The highest BCUT2D eigenvalue weighted by molar-refractivity contribution is 6.13. The van der Waals surface area contributed by atoms with Crippen molar-refractivity contribution in [1.29, 1.82) is 5.41 Å². The summed E-state index contributed by atoms with van der Waals surface area (Å²) in [6.07, 6.45) is 11.5. The number of hydrogen-bond acceptors (Lipinski definition) is 6. The zero-order valence-electron chi connectivity index (χ0n) is 23.0. The Balaban J connectivity index is 1.46. The van der Waals surface area contributed by atoms with Crippen molar-refractivity contribution in [2.24, 2.45) is 0 Å². The van der Waals surface area contributed by atoms with Gasteiger partial charge in [-0.2, -0.15) is 0 Å². The first-order valence-corrected chi connectivity index (χ1v) is 13.7. The van der Waals surface area contributed by atoms with Gasteiger partial charge in [-0.25, -0.2) is 0 Å². The fourth-order valence-electron chi connectivity index (χ4n) is 4.84. The molecule has 3 N–H and O–H groups in total. The normalized spacial score (nSPS) is 13.3. The van der Waals surface area contributed by atoms with Crippen molar-refractivity contribution in [2.45, 2.75) is 58.9 Å². The van der Waals surface area contributed by atoms with Gasteiger partial charge in [0.05, 0.1) is 46.6 Å². The zero-order chi connectivity index (χ0) is 27.1. The van der Waals surface area contributed by atoms with Gasteiger partial charge in [-0.1, -0.05) is 39.1 Å². The molecule has 0 saturated carbocycles. The Bertz CT molecular complexity index is 1280. The number of nitrogens with zero attached hydrogens (tertiary/aromatic N) is 3. The summed E-state index contributed by atoms with van der Waals surface area (Å²) in [6, 6.07) is 12.7. The van der Waals surface area contributed by atoms with Gasteiger partial charge in [0.1, 0.15) is 0 Å². The summed E-state index contributed by atoms with van der Waals surface area (Å²) in [5.41, 5.74) is 8.43. The number of nitrogens with one attached hydrogen (secondary N) is 3. The third-order valence-electron chi connectivity index (χ3n) is 7.32. The molecule has 198 valence electrons. The van der Waals surface area contributed by atoms with Gasteiger partial charge in [-0.05, 0) is 74.4 Å². The van der Waals surface area contributed by atoms with Gasteiger partial charge in [-0.3, -0.25) is 15.4 Å². The zero-order valence-corrected chi connectivity index (χ0v) is 23.0. The molecule has 3 aromatic rings. The van der Waals surface area contributed by atoms with E-state index in [-0.39, 0.29) is 0 Å². The molecule has 3 heterocycles. The van der Waals surface area contributed by atoms with Gasteiger partial charge in [0, 0.05) is 36.5 Å². The molecule has 0 spiro atoms. The Kier molecular flexibility index (Phi) is 8.95. The number of piperidine rings is 1. The van der Waals surface area contributed by atoms with Crippen molar-refractivity contribution in [3.8, 4) is 11.1 Å². The second-order valence-electron chi connectivity index (χ2n) is 10.1. The predicted octanol–water partition coefficient (Wildman–Crippen LogP) is 7.18. The van der Waals surface area contributed by atoms with Crippen LogP contribution in [0.4, 0.5) is 11.4 Å². The average molecular weight is 509 g/mol. The number of anilines is 2. The van der Waals surface area contributed by atoms with E-state index in [1.165, 1.54) is 24.9 Å². The maximum absolute atomic E-state index is 8.89. The number of pyridine rings is 2. The molecule has 0 aliphatic carbocycles. The predicted molar refractivity (Wildman–Crippen MR) is 161 cm³/mol. The molecule has 0 radical (unpaired) electrons. The molecule has 1 aliphatic heterocycles. The summed E-state index contributed by atoms with van der Waals surface area (Å²) in [4.78, 5) is 11.5. The molecule has 6 heteroatoms. The Labute approximate surface area is 227 Å². The highest BCUT2D eigenvalue weighted by Gasteiger charge is 2.15. The van der Waals surface area contributed by atoms with Gasteiger partial charge < -0.3 is 15.5 Å². The Morgan fingerprint density at radius 3 is 2.42 bits per heavy atom. The maximum Gasteiger partial charge on any atom is 0.0856 e. The lowest BCUT2D eigenvalue weighted by molar-refractivity contribution is 0.560. The van der Waals surface area contributed by atoms with E-state index in [1.807, 2.05) is 31.5 Å². The van der Waals surface area contributed by atoms with Crippen molar-refractivity contribution < 1.29 is 0 Å². The fraction of sp³-hybridized carbons (Fsp3) is 0.344. The average Bonchev–Trinajstić information content (AvgIpc) is 2.96. The lowest BCUT2D eigenvalue weighted by Crippen LogP contribution is -2.29. The molecular weight excluding hydrogens is 468 g/mol. The van der Waals surface area contributed by atoms with Crippen LogP contribution in [0.3, 0.4) is 0 Å². The van der Waals surface area contributed by atoms with Crippen molar-refractivity contribution in [1.82, 2.24) is 15.3 Å². The van der Waals surface area contributed by atoms with Crippen LogP contribution in [0.2, 0.25) is 0 Å². The summed E-state index contributed by atoms with van der Waals surface area (Å²) in [5, 5.41) is 15.6. The first kappa shape index (κ1) is 27.1. The summed E-state index contributed by atoms with van der Waals surface area (Å²) in [5.74, 6) is 0. The van der Waals surface area contributed by atoms with E-state index in [0.717, 1.165) is 65.3 Å². The van der Waals surface area contributed by atoms with Gasteiger partial charge in [0.15, 0.2) is 0 Å².